The van der Waals surface area contributed by atoms with E-state index in [9.17, 15) is 4.79 Å². The predicted octanol–water partition coefficient (Wildman–Crippen LogP) is 4.75. The Morgan fingerprint density at radius 2 is 1.93 bits per heavy atom. The van der Waals surface area contributed by atoms with Crippen LogP contribution < -0.4 is 19.5 Å². The zero-order valence-corrected chi connectivity index (χ0v) is 17.0. The molecule has 3 rings (SSSR count). The second-order valence-electron chi connectivity index (χ2n) is 6.25. The minimum atomic E-state index is -0.257. The molecule has 28 heavy (non-hydrogen) atoms. The first-order valence-electron chi connectivity index (χ1n) is 8.77. The first-order chi connectivity index (χ1) is 13.5. The second kappa shape index (κ2) is 8.75. The van der Waals surface area contributed by atoms with Gasteiger partial charge >= 0.3 is 0 Å². The van der Waals surface area contributed by atoms with Crippen LogP contribution >= 0.6 is 11.3 Å². The van der Waals surface area contributed by atoms with E-state index in [4.69, 9.17) is 14.2 Å². The van der Waals surface area contributed by atoms with Crippen molar-refractivity contribution in [1.82, 2.24) is 4.98 Å². The van der Waals surface area contributed by atoms with Gasteiger partial charge in [-0.1, -0.05) is 17.4 Å². The second-order valence-corrected chi connectivity index (χ2v) is 7.28. The van der Waals surface area contributed by atoms with Crippen molar-refractivity contribution in [2.24, 2.45) is 0 Å². The minimum Gasteiger partial charge on any atom is -0.497 e. The van der Waals surface area contributed by atoms with E-state index >= 15 is 0 Å². The first-order valence-corrected chi connectivity index (χ1v) is 9.58. The van der Waals surface area contributed by atoms with E-state index in [1.54, 1.807) is 20.3 Å². The van der Waals surface area contributed by atoms with Gasteiger partial charge in [0, 0.05) is 6.08 Å². The molecule has 0 saturated carbocycles. The molecule has 0 fully saturated rings. The third-order valence-corrected chi connectivity index (χ3v) is 4.74. The van der Waals surface area contributed by atoms with E-state index in [-0.39, 0.29) is 12.0 Å². The maximum atomic E-state index is 12.2. The van der Waals surface area contributed by atoms with Gasteiger partial charge in [0.25, 0.3) is 0 Å². The SMILES string of the molecule is COc1ccc2nc(NC(=O)/C=C/c3ccc(OC(C)C)c(OC)c3)sc2c1. The monoisotopic (exact) mass is 398 g/mol. The molecule has 0 unspecified atom stereocenters. The Balaban J connectivity index is 1.69. The summed E-state index contributed by atoms with van der Waals surface area (Å²) in [7, 11) is 3.21. The van der Waals surface area contributed by atoms with Gasteiger partial charge in [0.15, 0.2) is 16.6 Å². The number of hydrogen-bond acceptors (Lipinski definition) is 6. The molecule has 2 aromatic carbocycles. The van der Waals surface area contributed by atoms with E-state index in [1.807, 2.05) is 50.2 Å². The van der Waals surface area contributed by atoms with Crippen LogP contribution in [0.25, 0.3) is 16.3 Å². The third kappa shape index (κ3) is 4.80. The number of nitrogens with zero attached hydrogens (tertiary/aromatic N) is 1. The molecule has 0 atom stereocenters. The lowest BCUT2D eigenvalue weighted by molar-refractivity contribution is -0.111. The highest BCUT2D eigenvalue weighted by molar-refractivity contribution is 7.22. The summed E-state index contributed by atoms with van der Waals surface area (Å²) in [6.45, 7) is 3.91. The third-order valence-electron chi connectivity index (χ3n) is 3.80. The van der Waals surface area contributed by atoms with Gasteiger partial charge in [0.1, 0.15) is 5.75 Å². The molecule has 146 valence electrons. The lowest BCUT2D eigenvalue weighted by Crippen LogP contribution is -2.07. The number of thiazole rings is 1. The molecule has 1 heterocycles. The van der Waals surface area contributed by atoms with E-state index in [0.717, 1.165) is 21.5 Å². The Kier molecular flexibility index (Phi) is 6.16. The van der Waals surface area contributed by atoms with Crippen molar-refractivity contribution in [2.45, 2.75) is 20.0 Å². The molecule has 1 amide bonds. The van der Waals surface area contributed by atoms with Crippen LogP contribution in [0.5, 0.6) is 17.2 Å². The Hall–Kier alpha value is -3.06. The first kappa shape index (κ1) is 19.7. The molecule has 0 bridgehead atoms. The van der Waals surface area contributed by atoms with E-state index in [1.165, 1.54) is 17.4 Å². The number of rotatable bonds is 7. The summed E-state index contributed by atoms with van der Waals surface area (Å²) in [4.78, 5) is 16.7. The molecule has 0 spiro atoms. The quantitative estimate of drug-likeness (QED) is 0.582. The summed E-state index contributed by atoms with van der Waals surface area (Å²) in [6.07, 6.45) is 3.23. The van der Waals surface area contributed by atoms with E-state index < -0.39 is 0 Å². The van der Waals surface area contributed by atoms with Gasteiger partial charge in [-0.05, 0) is 55.8 Å². The largest absolute Gasteiger partial charge is 0.497 e. The number of anilines is 1. The summed E-state index contributed by atoms with van der Waals surface area (Å²) in [5, 5.41) is 3.33. The topological polar surface area (TPSA) is 69.7 Å². The maximum absolute atomic E-state index is 12.2. The maximum Gasteiger partial charge on any atom is 0.250 e. The number of ether oxygens (including phenoxy) is 3. The summed E-state index contributed by atoms with van der Waals surface area (Å²) >= 11 is 1.40. The zero-order chi connectivity index (χ0) is 20.1. The Morgan fingerprint density at radius 3 is 2.64 bits per heavy atom. The molecular formula is C21H22N2O4S. The van der Waals surface area contributed by atoms with Crippen LogP contribution in [0.4, 0.5) is 5.13 Å². The van der Waals surface area contributed by atoms with Crippen molar-refractivity contribution >= 4 is 38.7 Å². The normalized spacial score (nSPS) is 11.2. The number of amides is 1. The van der Waals surface area contributed by atoms with Gasteiger partial charge in [-0.25, -0.2) is 4.98 Å². The fourth-order valence-corrected chi connectivity index (χ4v) is 3.44. The van der Waals surface area contributed by atoms with Gasteiger partial charge in [-0.2, -0.15) is 0 Å². The van der Waals surface area contributed by atoms with Crippen LogP contribution in [0.2, 0.25) is 0 Å². The zero-order valence-electron chi connectivity index (χ0n) is 16.2. The standard InChI is InChI=1S/C21H22N2O4S/c1-13(2)27-17-9-5-14(11-18(17)26-4)6-10-20(24)23-21-22-16-8-7-15(25-3)12-19(16)28-21/h5-13H,1-4H3,(H,22,23,24)/b10-6+. The Bertz CT molecular complexity index is 1010. The fourth-order valence-electron chi connectivity index (χ4n) is 2.54. The smallest absolute Gasteiger partial charge is 0.250 e. The summed E-state index contributed by atoms with van der Waals surface area (Å²) < 4.78 is 17.2. The van der Waals surface area contributed by atoms with E-state index in [0.29, 0.717) is 16.6 Å². The number of nitrogens with one attached hydrogen (secondary N) is 1. The molecule has 0 aliphatic heterocycles. The average molecular weight is 398 g/mol. The van der Waals surface area contributed by atoms with Crippen LogP contribution in [0.15, 0.2) is 42.5 Å². The molecule has 1 aromatic heterocycles. The van der Waals surface area contributed by atoms with Crippen molar-refractivity contribution in [1.29, 1.82) is 0 Å². The molecule has 1 N–H and O–H groups in total. The molecule has 3 aromatic rings. The lowest BCUT2D eigenvalue weighted by atomic mass is 10.2. The Morgan fingerprint density at radius 1 is 1.11 bits per heavy atom. The van der Waals surface area contributed by atoms with Crippen LogP contribution in [0.3, 0.4) is 0 Å². The number of methoxy groups -OCH3 is 2. The van der Waals surface area contributed by atoms with Crippen LogP contribution in [0, 0.1) is 0 Å². The van der Waals surface area contributed by atoms with E-state index in [2.05, 4.69) is 10.3 Å². The van der Waals surface area contributed by atoms with Gasteiger partial charge in [-0.15, -0.1) is 0 Å². The molecule has 6 nitrogen and oxygen atoms in total. The number of hydrogen-bond donors (Lipinski definition) is 1. The lowest BCUT2D eigenvalue weighted by Gasteiger charge is -2.13. The highest BCUT2D eigenvalue weighted by atomic mass is 32.1. The molecule has 0 saturated heterocycles. The summed E-state index contributed by atoms with van der Waals surface area (Å²) in [5.74, 6) is 1.79. The molecule has 0 radical (unpaired) electrons. The van der Waals surface area contributed by atoms with Gasteiger partial charge in [-0.3, -0.25) is 10.1 Å². The number of fused-ring (bicyclic) bond motifs is 1. The predicted molar refractivity (Wildman–Crippen MR) is 113 cm³/mol. The van der Waals surface area contributed by atoms with Crippen molar-refractivity contribution in [3.8, 4) is 17.2 Å². The summed E-state index contributed by atoms with van der Waals surface area (Å²) in [5.41, 5.74) is 1.65. The number of carbonyl (C=O) groups is 1. The van der Waals surface area contributed by atoms with Crippen molar-refractivity contribution in [3.05, 3.63) is 48.0 Å². The minimum absolute atomic E-state index is 0.0508. The van der Waals surface area contributed by atoms with Gasteiger partial charge < -0.3 is 14.2 Å². The molecular weight excluding hydrogens is 376 g/mol. The van der Waals surface area contributed by atoms with Gasteiger partial charge in [0.05, 0.1) is 30.5 Å². The number of benzene rings is 2. The van der Waals surface area contributed by atoms with Crippen LogP contribution in [-0.2, 0) is 4.79 Å². The van der Waals surface area contributed by atoms with Crippen LogP contribution in [0.1, 0.15) is 19.4 Å². The molecule has 0 aliphatic rings. The number of carbonyl (C=O) groups excluding carboxylic acids is 1. The highest BCUT2D eigenvalue weighted by Crippen LogP contribution is 2.30. The number of aromatic nitrogens is 1. The highest BCUT2D eigenvalue weighted by Gasteiger charge is 2.08. The van der Waals surface area contributed by atoms with Crippen molar-refractivity contribution in [2.75, 3.05) is 19.5 Å². The Labute approximate surface area is 167 Å². The van der Waals surface area contributed by atoms with Crippen molar-refractivity contribution in [3.63, 3.8) is 0 Å². The fraction of sp³-hybridized carbons (Fsp3) is 0.238. The van der Waals surface area contributed by atoms with Gasteiger partial charge in [0.2, 0.25) is 5.91 Å². The van der Waals surface area contributed by atoms with Crippen molar-refractivity contribution < 1.29 is 19.0 Å². The van der Waals surface area contributed by atoms with Crippen LogP contribution in [-0.4, -0.2) is 31.2 Å². The summed E-state index contributed by atoms with van der Waals surface area (Å²) in [6, 6.07) is 11.1. The molecule has 7 heteroatoms. The average Bonchev–Trinajstić information content (AvgIpc) is 3.07. The molecule has 0 aliphatic carbocycles.